The van der Waals surface area contributed by atoms with Crippen molar-refractivity contribution in [1.29, 1.82) is 0 Å². The van der Waals surface area contributed by atoms with E-state index >= 15 is 0 Å². The van der Waals surface area contributed by atoms with Gasteiger partial charge in [-0.1, -0.05) is 24.3 Å². The predicted octanol–water partition coefficient (Wildman–Crippen LogP) is 2.25. The van der Waals surface area contributed by atoms with Crippen LogP contribution in [0.25, 0.3) is 6.08 Å². The molecule has 0 saturated carbocycles. The fourth-order valence-electron chi connectivity index (χ4n) is 1.50. The predicted molar refractivity (Wildman–Crippen MR) is 62.9 cm³/mol. The molecule has 78 valence electrons. The van der Waals surface area contributed by atoms with E-state index in [2.05, 4.69) is 10.5 Å². The van der Waals surface area contributed by atoms with E-state index in [-0.39, 0.29) is 6.61 Å². The van der Waals surface area contributed by atoms with Gasteiger partial charge in [0, 0.05) is 6.61 Å². The molecule has 3 heteroatoms. The number of allylic oxidation sites excluding steroid dienone is 1. The minimum Gasteiger partial charge on any atom is -0.396 e. The number of nitrogens with zero attached hydrogens (tertiary/aromatic N) is 1. The highest BCUT2D eigenvalue weighted by Gasteiger charge is 2.03. The number of hydrogen-bond donors (Lipinski definition) is 2. The van der Waals surface area contributed by atoms with Crippen LogP contribution in [0.4, 0.5) is 5.69 Å². The molecule has 0 aliphatic carbocycles. The second-order valence-electron chi connectivity index (χ2n) is 3.46. The van der Waals surface area contributed by atoms with Gasteiger partial charge in [-0.05, 0) is 30.5 Å². The van der Waals surface area contributed by atoms with Gasteiger partial charge in [-0.15, -0.1) is 0 Å². The molecule has 0 aromatic heterocycles. The van der Waals surface area contributed by atoms with Crippen LogP contribution in [0.2, 0.25) is 0 Å². The molecule has 0 atom stereocenters. The monoisotopic (exact) mass is 202 g/mol. The molecule has 0 amide bonds. The van der Waals surface area contributed by atoms with Gasteiger partial charge in [-0.2, -0.15) is 5.10 Å². The molecule has 15 heavy (non-hydrogen) atoms. The lowest BCUT2D eigenvalue weighted by Gasteiger charge is -2.02. The highest BCUT2D eigenvalue weighted by Crippen LogP contribution is 2.19. The zero-order chi connectivity index (χ0) is 10.5. The molecule has 0 unspecified atom stereocenters. The number of benzene rings is 1. The topological polar surface area (TPSA) is 44.6 Å². The number of aliphatic hydroxyl groups excluding tert-OH is 1. The van der Waals surface area contributed by atoms with Gasteiger partial charge in [0.1, 0.15) is 0 Å². The van der Waals surface area contributed by atoms with E-state index in [9.17, 15) is 0 Å². The average molecular weight is 202 g/mol. The highest BCUT2D eigenvalue weighted by atomic mass is 16.2. The maximum Gasteiger partial charge on any atom is 0.0634 e. The third kappa shape index (κ3) is 2.44. The summed E-state index contributed by atoms with van der Waals surface area (Å²) in [4.78, 5) is 0. The van der Waals surface area contributed by atoms with E-state index in [4.69, 9.17) is 5.11 Å². The number of aliphatic hydroxyl groups is 1. The van der Waals surface area contributed by atoms with Crippen LogP contribution in [-0.4, -0.2) is 17.4 Å². The zero-order valence-corrected chi connectivity index (χ0v) is 8.48. The van der Waals surface area contributed by atoms with Crippen LogP contribution in [0.3, 0.4) is 0 Å². The maximum absolute atomic E-state index is 8.74. The Morgan fingerprint density at radius 2 is 2.07 bits per heavy atom. The first-order valence-corrected chi connectivity index (χ1v) is 5.11. The Morgan fingerprint density at radius 3 is 2.93 bits per heavy atom. The molecular formula is C12H14N2O. The Labute approximate surface area is 89.1 Å². The number of hydrazone groups is 1. The Hall–Kier alpha value is -1.61. The van der Waals surface area contributed by atoms with Crippen molar-refractivity contribution in [2.24, 2.45) is 5.10 Å². The van der Waals surface area contributed by atoms with Gasteiger partial charge in [0.2, 0.25) is 0 Å². The van der Waals surface area contributed by atoms with Crippen molar-refractivity contribution in [2.45, 2.75) is 12.8 Å². The molecule has 0 radical (unpaired) electrons. The van der Waals surface area contributed by atoms with Crippen LogP contribution in [-0.2, 0) is 0 Å². The van der Waals surface area contributed by atoms with E-state index < -0.39 is 0 Å². The lowest BCUT2D eigenvalue weighted by atomic mass is 10.1. The third-order valence-electron chi connectivity index (χ3n) is 2.33. The molecular weight excluding hydrogens is 188 g/mol. The molecule has 1 aliphatic heterocycles. The van der Waals surface area contributed by atoms with E-state index in [1.807, 2.05) is 36.4 Å². The lowest BCUT2D eigenvalue weighted by molar-refractivity contribution is 0.291. The summed E-state index contributed by atoms with van der Waals surface area (Å²) in [5, 5.41) is 13.0. The fourth-order valence-corrected chi connectivity index (χ4v) is 1.50. The quantitative estimate of drug-likeness (QED) is 0.789. The Morgan fingerprint density at radius 1 is 1.20 bits per heavy atom. The highest BCUT2D eigenvalue weighted by molar-refractivity contribution is 6.00. The first kappa shape index (κ1) is 9.93. The molecule has 3 nitrogen and oxygen atoms in total. The number of rotatable bonds is 3. The molecule has 0 bridgehead atoms. The van der Waals surface area contributed by atoms with Crippen molar-refractivity contribution < 1.29 is 5.11 Å². The Kier molecular flexibility index (Phi) is 3.15. The van der Waals surface area contributed by atoms with Crippen molar-refractivity contribution in [3.8, 4) is 0 Å². The third-order valence-corrected chi connectivity index (χ3v) is 2.33. The van der Waals surface area contributed by atoms with E-state index in [0.29, 0.717) is 0 Å². The summed E-state index contributed by atoms with van der Waals surface area (Å²) in [7, 11) is 0. The van der Waals surface area contributed by atoms with E-state index in [1.165, 1.54) is 0 Å². The Bertz CT molecular complexity index is 396. The van der Waals surface area contributed by atoms with Crippen molar-refractivity contribution in [3.05, 3.63) is 35.9 Å². The SMILES string of the molecule is OCCCC1=NNc2ccccc2C=C1. The van der Waals surface area contributed by atoms with Crippen molar-refractivity contribution in [1.82, 2.24) is 0 Å². The van der Waals surface area contributed by atoms with Gasteiger partial charge in [-0.3, -0.25) is 5.43 Å². The molecule has 1 aromatic carbocycles. The van der Waals surface area contributed by atoms with Gasteiger partial charge >= 0.3 is 0 Å². The average Bonchev–Trinajstić information content (AvgIpc) is 2.49. The van der Waals surface area contributed by atoms with Crippen LogP contribution in [0, 0.1) is 0 Å². The minimum atomic E-state index is 0.208. The molecule has 2 rings (SSSR count). The summed E-state index contributed by atoms with van der Waals surface area (Å²) in [6.45, 7) is 0.208. The van der Waals surface area contributed by atoms with Crippen LogP contribution < -0.4 is 5.43 Å². The standard InChI is InChI=1S/C12H14N2O/c15-9-3-5-11-8-7-10-4-1-2-6-12(10)14-13-11/h1-2,4,6-8,14-15H,3,5,9H2. The van der Waals surface area contributed by atoms with Gasteiger partial charge in [0.05, 0.1) is 11.4 Å². The van der Waals surface area contributed by atoms with Crippen molar-refractivity contribution in [2.75, 3.05) is 12.0 Å². The molecule has 1 aromatic rings. The normalized spacial score (nSPS) is 13.8. The first-order valence-electron chi connectivity index (χ1n) is 5.11. The smallest absolute Gasteiger partial charge is 0.0634 e. The second kappa shape index (κ2) is 4.75. The van der Waals surface area contributed by atoms with Crippen molar-refractivity contribution in [3.63, 3.8) is 0 Å². The fraction of sp³-hybridized carbons (Fsp3) is 0.250. The molecule has 0 fully saturated rings. The maximum atomic E-state index is 8.74. The van der Waals surface area contributed by atoms with Crippen LogP contribution in [0.5, 0.6) is 0 Å². The number of para-hydroxylation sites is 1. The number of nitrogens with one attached hydrogen (secondary N) is 1. The van der Waals surface area contributed by atoms with Crippen LogP contribution in [0.15, 0.2) is 35.4 Å². The molecule has 0 spiro atoms. The van der Waals surface area contributed by atoms with Gasteiger partial charge in [0.25, 0.3) is 0 Å². The largest absolute Gasteiger partial charge is 0.396 e. The zero-order valence-electron chi connectivity index (χ0n) is 8.48. The summed E-state index contributed by atoms with van der Waals surface area (Å²) in [6.07, 6.45) is 5.59. The number of hydrogen-bond acceptors (Lipinski definition) is 3. The summed E-state index contributed by atoms with van der Waals surface area (Å²) in [5.41, 5.74) is 6.16. The molecule has 2 N–H and O–H groups in total. The van der Waals surface area contributed by atoms with Gasteiger partial charge < -0.3 is 5.11 Å². The second-order valence-corrected chi connectivity index (χ2v) is 3.46. The number of fused-ring (bicyclic) bond motifs is 1. The van der Waals surface area contributed by atoms with E-state index in [1.54, 1.807) is 0 Å². The molecule has 0 saturated heterocycles. The molecule has 1 aliphatic rings. The minimum absolute atomic E-state index is 0.208. The van der Waals surface area contributed by atoms with Gasteiger partial charge in [0.15, 0.2) is 0 Å². The van der Waals surface area contributed by atoms with Crippen molar-refractivity contribution >= 4 is 17.5 Å². The number of anilines is 1. The van der Waals surface area contributed by atoms with Gasteiger partial charge in [-0.25, -0.2) is 0 Å². The first-order chi connectivity index (χ1) is 7.40. The summed E-state index contributed by atoms with van der Waals surface area (Å²) >= 11 is 0. The summed E-state index contributed by atoms with van der Waals surface area (Å²) in [6, 6.07) is 8.03. The molecule has 1 heterocycles. The van der Waals surface area contributed by atoms with Crippen LogP contribution >= 0.6 is 0 Å². The summed E-state index contributed by atoms with van der Waals surface area (Å²) < 4.78 is 0. The van der Waals surface area contributed by atoms with E-state index in [0.717, 1.165) is 29.8 Å². The lowest BCUT2D eigenvalue weighted by Crippen LogP contribution is -1.98. The van der Waals surface area contributed by atoms with Crippen LogP contribution in [0.1, 0.15) is 18.4 Å². The Balaban J connectivity index is 2.15. The summed E-state index contributed by atoms with van der Waals surface area (Å²) in [5.74, 6) is 0.